The molecule has 0 aliphatic heterocycles. The average molecular weight is 365 g/mol. The van der Waals surface area contributed by atoms with Gasteiger partial charge in [-0.15, -0.1) is 0 Å². The molecule has 6 nitrogen and oxygen atoms in total. The summed E-state index contributed by atoms with van der Waals surface area (Å²) in [6.07, 6.45) is -0.132. The van der Waals surface area contributed by atoms with Gasteiger partial charge in [0.25, 0.3) is 0 Å². The SMILES string of the molecule is C=C(C)C(=O)OCCOC(=O)CCC(=O)OC(C)(C)CBr. The predicted molar refractivity (Wildman–Crippen MR) is 79.9 cm³/mol. The fraction of sp³-hybridized carbons (Fsp3) is 0.643. The van der Waals surface area contributed by atoms with Crippen LogP contribution in [0.5, 0.6) is 0 Å². The molecule has 0 aromatic carbocycles. The molecule has 0 aliphatic carbocycles. The van der Waals surface area contributed by atoms with Crippen molar-refractivity contribution in [3.8, 4) is 0 Å². The third-order valence-corrected chi connectivity index (χ3v) is 3.52. The van der Waals surface area contributed by atoms with Crippen molar-refractivity contribution in [2.75, 3.05) is 18.5 Å². The molecule has 0 fully saturated rings. The maximum atomic E-state index is 11.5. The van der Waals surface area contributed by atoms with Gasteiger partial charge in [-0.3, -0.25) is 9.59 Å². The summed E-state index contributed by atoms with van der Waals surface area (Å²) in [5.41, 5.74) is -0.337. The topological polar surface area (TPSA) is 78.9 Å². The minimum Gasteiger partial charge on any atom is -0.462 e. The molecule has 0 radical (unpaired) electrons. The number of alkyl halides is 1. The van der Waals surface area contributed by atoms with Crippen LogP contribution in [0.15, 0.2) is 12.2 Å². The molecular formula is C14H21BrO6. The Morgan fingerprint density at radius 2 is 1.57 bits per heavy atom. The van der Waals surface area contributed by atoms with Crippen LogP contribution in [0.25, 0.3) is 0 Å². The van der Waals surface area contributed by atoms with E-state index in [1.807, 2.05) is 0 Å². The second kappa shape index (κ2) is 9.55. The summed E-state index contributed by atoms with van der Waals surface area (Å²) >= 11 is 3.23. The smallest absolute Gasteiger partial charge is 0.333 e. The number of esters is 3. The van der Waals surface area contributed by atoms with Crippen LogP contribution < -0.4 is 0 Å². The molecule has 0 rings (SSSR count). The quantitative estimate of drug-likeness (QED) is 0.205. The van der Waals surface area contributed by atoms with Crippen molar-refractivity contribution in [1.82, 2.24) is 0 Å². The van der Waals surface area contributed by atoms with Gasteiger partial charge in [0.2, 0.25) is 0 Å². The van der Waals surface area contributed by atoms with Crippen LogP contribution >= 0.6 is 15.9 Å². The highest BCUT2D eigenvalue weighted by atomic mass is 79.9. The van der Waals surface area contributed by atoms with Gasteiger partial charge in [0.15, 0.2) is 0 Å². The van der Waals surface area contributed by atoms with Gasteiger partial charge in [0.05, 0.1) is 12.8 Å². The first kappa shape index (κ1) is 19.6. The van der Waals surface area contributed by atoms with E-state index in [4.69, 9.17) is 14.2 Å². The molecular weight excluding hydrogens is 344 g/mol. The van der Waals surface area contributed by atoms with E-state index < -0.39 is 23.5 Å². The lowest BCUT2D eigenvalue weighted by Crippen LogP contribution is -2.29. The fourth-order valence-electron chi connectivity index (χ4n) is 1.08. The Bertz CT molecular complexity index is 402. The Hall–Kier alpha value is -1.37. The Labute approximate surface area is 132 Å². The van der Waals surface area contributed by atoms with Crippen LogP contribution in [0, 0.1) is 0 Å². The number of ether oxygens (including phenoxy) is 3. The number of carbonyl (C=O) groups is 3. The maximum Gasteiger partial charge on any atom is 0.333 e. The molecule has 0 spiro atoms. The van der Waals surface area contributed by atoms with E-state index in [0.29, 0.717) is 5.33 Å². The maximum absolute atomic E-state index is 11.5. The van der Waals surface area contributed by atoms with E-state index in [1.165, 1.54) is 6.92 Å². The highest BCUT2D eigenvalue weighted by Crippen LogP contribution is 2.14. The predicted octanol–water partition coefficient (Wildman–Crippen LogP) is 2.15. The van der Waals surface area contributed by atoms with E-state index >= 15 is 0 Å². The number of hydrogen-bond donors (Lipinski definition) is 0. The Balaban J connectivity index is 3.79. The monoisotopic (exact) mass is 364 g/mol. The molecule has 7 heteroatoms. The molecule has 0 saturated carbocycles. The van der Waals surface area contributed by atoms with E-state index in [-0.39, 0.29) is 31.6 Å². The summed E-state index contributed by atoms with van der Waals surface area (Å²) in [7, 11) is 0. The van der Waals surface area contributed by atoms with Gasteiger partial charge in [-0.1, -0.05) is 22.5 Å². The van der Waals surface area contributed by atoms with Crippen LogP contribution in [0.3, 0.4) is 0 Å². The molecule has 0 unspecified atom stereocenters. The standard InChI is InChI=1S/C14H21BrO6/c1-10(2)13(18)20-8-7-19-11(16)5-6-12(17)21-14(3,4)9-15/h1,5-9H2,2-4H3. The zero-order valence-corrected chi connectivity index (χ0v) is 14.2. The third kappa shape index (κ3) is 10.1. The van der Waals surface area contributed by atoms with Gasteiger partial charge in [-0.2, -0.15) is 0 Å². The molecule has 0 atom stereocenters. The van der Waals surface area contributed by atoms with Crippen molar-refractivity contribution in [3.05, 3.63) is 12.2 Å². The lowest BCUT2D eigenvalue weighted by molar-refractivity contribution is -0.158. The van der Waals surface area contributed by atoms with E-state index in [1.54, 1.807) is 13.8 Å². The van der Waals surface area contributed by atoms with Gasteiger partial charge in [0.1, 0.15) is 18.8 Å². The second-order valence-corrected chi connectivity index (χ2v) is 5.56. The van der Waals surface area contributed by atoms with Crippen molar-refractivity contribution in [2.24, 2.45) is 0 Å². The average Bonchev–Trinajstić information content (AvgIpc) is 2.40. The first-order chi connectivity index (χ1) is 9.68. The van der Waals surface area contributed by atoms with Crippen LogP contribution in [0.4, 0.5) is 0 Å². The van der Waals surface area contributed by atoms with Crippen molar-refractivity contribution in [1.29, 1.82) is 0 Å². The minimum atomic E-state index is -0.613. The van der Waals surface area contributed by atoms with Gasteiger partial charge in [0, 0.05) is 10.9 Å². The van der Waals surface area contributed by atoms with E-state index in [9.17, 15) is 14.4 Å². The van der Waals surface area contributed by atoms with Gasteiger partial charge < -0.3 is 14.2 Å². The minimum absolute atomic E-state index is 0.0432. The number of halogens is 1. The summed E-state index contributed by atoms with van der Waals surface area (Å²) in [4.78, 5) is 33.9. The van der Waals surface area contributed by atoms with Crippen molar-refractivity contribution in [3.63, 3.8) is 0 Å². The number of hydrogen-bond acceptors (Lipinski definition) is 6. The molecule has 0 aromatic rings. The summed E-state index contributed by atoms with van der Waals surface area (Å²) in [6.45, 7) is 8.36. The lowest BCUT2D eigenvalue weighted by Gasteiger charge is -2.22. The molecule has 0 amide bonds. The van der Waals surface area contributed by atoms with Crippen molar-refractivity contribution >= 4 is 33.8 Å². The third-order valence-electron chi connectivity index (χ3n) is 2.17. The summed E-state index contributed by atoms with van der Waals surface area (Å²) in [5, 5.41) is 0.504. The summed E-state index contributed by atoms with van der Waals surface area (Å²) < 4.78 is 14.7. The van der Waals surface area contributed by atoms with E-state index in [2.05, 4.69) is 22.5 Å². The van der Waals surface area contributed by atoms with Crippen molar-refractivity contribution in [2.45, 2.75) is 39.2 Å². The Kier molecular flexibility index (Phi) is 8.92. The first-order valence-corrected chi connectivity index (χ1v) is 7.56. The molecule has 21 heavy (non-hydrogen) atoms. The molecule has 0 aliphatic rings. The van der Waals surface area contributed by atoms with Crippen LogP contribution in [0.1, 0.15) is 33.6 Å². The second-order valence-electron chi connectivity index (χ2n) is 5.00. The highest BCUT2D eigenvalue weighted by Gasteiger charge is 2.21. The van der Waals surface area contributed by atoms with Crippen LogP contribution in [-0.4, -0.2) is 42.1 Å². The van der Waals surface area contributed by atoms with Gasteiger partial charge in [-0.05, 0) is 20.8 Å². The van der Waals surface area contributed by atoms with Crippen LogP contribution in [0.2, 0.25) is 0 Å². The van der Waals surface area contributed by atoms with Crippen molar-refractivity contribution < 1.29 is 28.6 Å². The lowest BCUT2D eigenvalue weighted by atomic mass is 10.2. The number of carbonyl (C=O) groups excluding carboxylic acids is 3. The zero-order valence-electron chi connectivity index (χ0n) is 12.6. The number of rotatable bonds is 9. The Morgan fingerprint density at radius 1 is 1.05 bits per heavy atom. The first-order valence-electron chi connectivity index (χ1n) is 6.44. The molecule has 120 valence electrons. The van der Waals surface area contributed by atoms with Crippen LogP contribution in [-0.2, 0) is 28.6 Å². The highest BCUT2D eigenvalue weighted by molar-refractivity contribution is 9.09. The largest absolute Gasteiger partial charge is 0.462 e. The Morgan fingerprint density at radius 3 is 2.10 bits per heavy atom. The normalized spacial score (nSPS) is 10.7. The van der Waals surface area contributed by atoms with E-state index in [0.717, 1.165) is 0 Å². The molecule has 0 heterocycles. The summed E-state index contributed by atoms with van der Waals surface area (Å²) in [5.74, 6) is -1.55. The molecule has 0 N–H and O–H groups in total. The van der Waals surface area contributed by atoms with Gasteiger partial charge in [-0.25, -0.2) is 4.79 Å². The van der Waals surface area contributed by atoms with Gasteiger partial charge >= 0.3 is 17.9 Å². The zero-order chi connectivity index (χ0) is 16.5. The molecule has 0 bridgehead atoms. The fourth-order valence-corrected chi connectivity index (χ4v) is 1.19. The molecule has 0 saturated heterocycles. The molecule has 0 aromatic heterocycles. The summed E-state index contributed by atoms with van der Waals surface area (Å²) in [6, 6.07) is 0.